The summed E-state index contributed by atoms with van der Waals surface area (Å²) in [5, 5.41) is 16.9. The fourth-order valence-electron chi connectivity index (χ4n) is 5.71. The quantitative estimate of drug-likeness (QED) is 0.0822. The molecule has 0 saturated carbocycles. The van der Waals surface area contributed by atoms with Crippen LogP contribution in [-0.2, 0) is 24.7 Å². The topological polar surface area (TPSA) is 125 Å². The summed E-state index contributed by atoms with van der Waals surface area (Å²) >= 11 is 0. The third kappa shape index (κ3) is 8.91. The Morgan fingerprint density at radius 2 is 1.69 bits per heavy atom. The third-order valence-electron chi connectivity index (χ3n) is 8.25. The minimum absolute atomic E-state index is 0.164. The van der Waals surface area contributed by atoms with Crippen LogP contribution in [0.2, 0.25) is 0 Å². The first-order chi connectivity index (χ1) is 23.2. The second-order valence-corrected chi connectivity index (χ2v) is 10.9. The van der Waals surface area contributed by atoms with Crippen LogP contribution in [0, 0.1) is 0 Å². The van der Waals surface area contributed by atoms with Crippen LogP contribution in [0.1, 0.15) is 57.7 Å². The Labute approximate surface area is 285 Å². The summed E-state index contributed by atoms with van der Waals surface area (Å²) in [6, 6.07) is 9.45. The van der Waals surface area contributed by atoms with Gasteiger partial charge in [0.25, 0.3) is 0 Å². The molecule has 0 spiro atoms. The van der Waals surface area contributed by atoms with Gasteiger partial charge in [0.2, 0.25) is 11.8 Å². The number of rotatable bonds is 20. The van der Waals surface area contributed by atoms with E-state index in [1.807, 2.05) is 37.3 Å². The summed E-state index contributed by atoms with van der Waals surface area (Å²) in [4.78, 5) is 32.9. The number of aliphatic hydroxyl groups is 1. The van der Waals surface area contributed by atoms with Crippen LogP contribution in [0.25, 0.3) is 0 Å². The van der Waals surface area contributed by atoms with Crippen LogP contribution in [0.15, 0.2) is 85.3 Å². The first kappa shape index (κ1) is 38.0. The maximum atomic E-state index is 11.9. The zero-order valence-electron chi connectivity index (χ0n) is 29.0. The summed E-state index contributed by atoms with van der Waals surface area (Å²) in [6.07, 6.45) is 6.70. The predicted octanol–water partition coefficient (Wildman–Crippen LogP) is 4.36. The maximum absolute atomic E-state index is 11.9. The number of nitrogens with zero attached hydrogens (tertiary/aromatic N) is 3. The van der Waals surface area contributed by atoms with E-state index in [-0.39, 0.29) is 38.1 Å². The molecule has 0 bridgehead atoms. The average molecular weight is 662 g/mol. The second-order valence-electron chi connectivity index (χ2n) is 10.9. The number of nitrogens with one attached hydrogen (secondary N) is 2. The number of fused-ring (bicyclic) bond motifs is 1. The van der Waals surface area contributed by atoms with Gasteiger partial charge in [-0.1, -0.05) is 39.1 Å². The molecule has 0 fully saturated rings. The average Bonchev–Trinajstić information content (AvgIpc) is 3.41. The van der Waals surface area contributed by atoms with Gasteiger partial charge in [-0.3, -0.25) is 14.6 Å². The Bertz CT molecular complexity index is 1470. The number of pyridine rings is 1. The fourth-order valence-corrected chi connectivity index (χ4v) is 5.71. The number of anilines is 1. The number of benzene rings is 1. The molecule has 48 heavy (non-hydrogen) atoms. The van der Waals surface area contributed by atoms with Crippen molar-refractivity contribution < 1.29 is 28.9 Å². The van der Waals surface area contributed by atoms with E-state index in [1.54, 1.807) is 18.3 Å². The van der Waals surface area contributed by atoms with E-state index in [4.69, 9.17) is 19.2 Å². The van der Waals surface area contributed by atoms with Crippen LogP contribution in [-0.4, -0.2) is 85.8 Å². The van der Waals surface area contributed by atoms with Crippen molar-refractivity contribution >= 4 is 17.5 Å². The number of ether oxygens (including phenoxy) is 3. The highest BCUT2D eigenvalue weighted by Gasteiger charge is 2.53. The van der Waals surface area contributed by atoms with Crippen LogP contribution >= 0.6 is 0 Å². The largest absolute Gasteiger partial charge is 0.492 e. The molecule has 11 heteroatoms. The van der Waals surface area contributed by atoms with E-state index in [2.05, 4.69) is 61.3 Å². The summed E-state index contributed by atoms with van der Waals surface area (Å²) < 4.78 is 19.5. The number of likely N-dealkylation sites (N-methyl/N-ethyl adjacent to an activating group) is 1. The minimum atomic E-state index is -1.45. The van der Waals surface area contributed by atoms with Crippen molar-refractivity contribution in [3.63, 3.8) is 0 Å². The lowest BCUT2D eigenvalue weighted by Gasteiger charge is -2.35. The lowest BCUT2D eigenvalue weighted by Crippen LogP contribution is -2.35. The molecule has 2 heterocycles. The van der Waals surface area contributed by atoms with Gasteiger partial charge in [-0.2, -0.15) is 0 Å². The molecule has 11 nitrogen and oxygen atoms in total. The third-order valence-corrected chi connectivity index (χ3v) is 8.25. The fraction of sp³-hybridized carbons (Fsp3) is 0.432. The van der Waals surface area contributed by atoms with E-state index in [9.17, 15) is 14.7 Å². The van der Waals surface area contributed by atoms with Crippen LogP contribution < -0.4 is 20.3 Å². The van der Waals surface area contributed by atoms with Crippen molar-refractivity contribution in [3.05, 3.63) is 102 Å². The first-order valence-corrected chi connectivity index (χ1v) is 16.6. The van der Waals surface area contributed by atoms with Gasteiger partial charge in [-0.05, 0) is 70.3 Å². The number of allylic oxidation sites excluding steroid dienone is 1. The molecule has 2 atom stereocenters. The molecule has 2 amide bonds. The van der Waals surface area contributed by atoms with Gasteiger partial charge < -0.3 is 39.8 Å². The molecule has 2 unspecified atom stereocenters. The highest BCUT2D eigenvalue weighted by molar-refractivity contribution is 5.87. The smallest absolute Gasteiger partial charge is 0.243 e. The Morgan fingerprint density at radius 1 is 1.02 bits per heavy atom. The summed E-state index contributed by atoms with van der Waals surface area (Å²) in [5.74, 6) is 0.418. The van der Waals surface area contributed by atoms with Crippen molar-refractivity contribution in [3.8, 4) is 5.75 Å². The Hall–Kier alpha value is -4.45. The lowest BCUT2D eigenvalue weighted by atomic mass is 9.80. The van der Waals surface area contributed by atoms with E-state index in [0.29, 0.717) is 40.4 Å². The van der Waals surface area contributed by atoms with Gasteiger partial charge in [0.05, 0.1) is 18.8 Å². The molecule has 1 aromatic heterocycles. The highest BCUT2D eigenvalue weighted by atomic mass is 16.6. The number of amides is 2. The van der Waals surface area contributed by atoms with E-state index >= 15 is 0 Å². The Morgan fingerprint density at radius 3 is 2.29 bits per heavy atom. The van der Waals surface area contributed by atoms with Crippen molar-refractivity contribution in [2.24, 2.45) is 0 Å². The van der Waals surface area contributed by atoms with Gasteiger partial charge in [0.15, 0.2) is 11.9 Å². The highest BCUT2D eigenvalue weighted by Crippen LogP contribution is 2.54. The number of hydrogen-bond acceptors (Lipinski definition) is 9. The standard InChI is InChI=1S/C37H51N5O6/c1-8-29(31(19-23-41(11-4)12-5)46-24-21-38-33(43)9-2)37(35-28(36(45)48-37)16-15-20-40-35)30-18-17-27(42(13-6)14-7)26-32(30)47-25-22-39-34(44)10-3/h8-10,15-20,26,36,45H,2-3,11-14,21-25H2,1,4-7H3,(H,38,43)(H,39,44)/b29-8+,31-19+. The molecule has 2 aromatic rings. The molecule has 3 rings (SSSR count). The molecule has 3 N–H and O–H groups in total. The molecular formula is C37H51N5O6. The van der Waals surface area contributed by atoms with Crippen molar-refractivity contribution in [2.75, 3.05) is 63.9 Å². The van der Waals surface area contributed by atoms with Gasteiger partial charge in [0.1, 0.15) is 24.7 Å². The molecule has 1 aromatic carbocycles. The minimum Gasteiger partial charge on any atom is -0.492 e. The van der Waals surface area contributed by atoms with Crippen molar-refractivity contribution in [1.82, 2.24) is 20.5 Å². The number of aliphatic hydroxyl groups excluding tert-OH is 1. The predicted molar refractivity (Wildman–Crippen MR) is 189 cm³/mol. The summed E-state index contributed by atoms with van der Waals surface area (Å²) in [6.45, 7) is 21.9. The van der Waals surface area contributed by atoms with Crippen molar-refractivity contribution in [1.29, 1.82) is 0 Å². The van der Waals surface area contributed by atoms with Gasteiger partial charge >= 0.3 is 0 Å². The molecule has 0 radical (unpaired) electrons. The summed E-state index contributed by atoms with van der Waals surface area (Å²) in [5.41, 5.74) is 1.74. The molecule has 0 aliphatic carbocycles. The Kier molecular flexibility index (Phi) is 14.9. The Balaban J connectivity index is 2.25. The number of hydrogen-bond donors (Lipinski definition) is 3. The van der Waals surface area contributed by atoms with Gasteiger partial charge in [-0.15, -0.1) is 0 Å². The molecule has 1 aliphatic rings. The monoisotopic (exact) mass is 661 g/mol. The SMILES string of the molecule is C=CC(=O)NCCOC(=C/CN(CC)CC)/C(=C\C)C1(c2ccc(N(CC)CC)cc2OCCNC(=O)C=C)OC(O)c2cccnc21. The second kappa shape index (κ2) is 18.8. The van der Waals surface area contributed by atoms with Gasteiger partial charge in [-0.25, -0.2) is 0 Å². The maximum Gasteiger partial charge on any atom is 0.243 e. The van der Waals surface area contributed by atoms with E-state index in [1.165, 1.54) is 12.2 Å². The molecule has 1 aliphatic heterocycles. The zero-order valence-corrected chi connectivity index (χ0v) is 29.0. The van der Waals surface area contributed by atoms with E-state index in [0.717, 1.165) is 31.9 Å². The normalized spacial score (nSPS) is 17.4. The number of carbonyl (C=O) groups excluding carboxylic acids is 2. The molecule has 260 valence electrons. The van der Waals surface area contributed by atoms with Crippen LogP contribution in [0.3, 0.4) is 0 Å². The first-order valence-electron chi connectivity index (χ1n) is 16.6. The zero-order chi connectivity index (χ0) is 35.1. The van der Waals surface area contributed by atoms with Crippen LogP contribution in [0.5, 0.6) is 5.75 Å². The molecule has 0 saturated heterocycles. The number of carbonyl (C=O) groups is 2. The number of aromatic nitrogens is 1. The lowest BCUT2D eigenvalue weighted by molar-refractivity contribution is -0.143. The van der Waals surface area contributed by atoms with Crippen molar-refractivity contribution in [2.45, 2.75) is 46.5 Å². The van der Waals surface area contributed by atoms with Gasteiger partial charge in [0, 0.05) is 54.3 Å². The van der Waals surface area contributed by atoms with Crippen LogP contribution in [0.4, 0.5) is 5.69 Å². The summed E-state index contributed by atoms with van der Waals surface area (Å²) in [7, 11) is 0. The molecular weight excluding hydrogens is 610 g/mol. The van der Waals surface area contributed by atoms with E-state index < -0.39 is 11.9 Å².